The smallest absolute Gasteiger partial charge is 0.223 e. The van der Waals surface area contributed by atoms with Crippen molar-refractivity contribution in [3.05, 3.63) is 42.3 Å². The molecule has 2 aromatic heterocycles. The highest BCUT2D eigenvalue weighted by atomic mass is 16.5. The van der Waals surface area contributed by atoms with Gasteiger partial charge in [-0.25, -0.2) is 0 Å². The minimum atomic E-state index is 0.0779. The zero-order valence-corrected chi connectivity index (χ0v) is 11.7. The van der Waals surface area contributed by atoms with E-state index in [0.29, 0.717) is 19.8 Å². The van der Waals surface area contributed by atoms with Gasteiger partial charge in [0.2, 0.25) is 5.91 Å². The molecule has 1 amide bonds. The molecule has 5 heteroatoms. The van der Waals surface area contributed by atoms with E-state index in [4.69, 9.17) is 9.15 Å². The Morgan fingerprint density at radius 2 is 2.14 bits per heavy atom. The number of carbonyl (C=O) groups is 1. The number of rotatable bonds is 4. The molecule has 1 saturated heterocycles. The third-order valence-corrected chi connectivity index (χ3v) is 3.66. The Bertz CT molecular complexity index is 572. The topological polar surface area (TPSA) is 64.4 Å². The van der Waals surface area contributed by atoms with Crippen molar-refractivity contribution < 1.29 is 13.9 Å². The average molecular weight is 286 g/mol. The highest BCUT2D eigenvalue weighted by molar-refractivity contribution is 5.78. The number of hydrogen-bond donors (Lipinski definition) is 1. The molecule has 1 fully saturated rings. The average Bonchev–Trinajstić information content (AvgIpc) is 3.08. The van der Waals surface area contributed by atoms with E-state index in [2.05, 4.69) is 10.3 Å². The molecule has 110 valence electrons. The van der Waals surface area contributed by atoms with E-state index in [1.54, 1.807) is 12.5 Å². The third-order valence-electron chi connectivity index (χ3n) is 3.66. The van der Waals surface area contributed by atoms with E-state index < -0.39 is 0 Å². The second-order valence-corrected chi connectivity index (χ2v) is 5.13. The molecule has 3 heterocycles. The minimum Gasteiger partial charge on any atom is -0.463 e. The molecule has 0 bridgehead atoms. The second kappa shape index (κ2) is 6.54. The van der Waals surface area contributed by atoms with Crippen molar-refractivity contribution in [1.82, 2.24) is 10.3 Å². The van der Waals surface area contributed by atoms with Crippen LogP contribution in [0.2, 0.25) is 0 Å². The van der Waals surface area contributed by atoms with Gasteiger partial charge in [0, 0.05) is 31.9 Å². The third kappa shape index (κ3) is 3.49. The summed E-state index contributed by atoms with van der Waals surface area (Å²) in [4.78, 5) is 16.4. The normalized spacial score (nSPS) is 15.8. The molecule has 0 spiro atoms. The molecule has 0 aliphatic carbocycles. The van der Waals surface area contributed by atoms with Crippen molar-refractivity contribution in [3.8, 4) is 11.5 Å². The number of carbonyl (C=O) groups excluding carboxylic acids is 1. The number of nitrogens with zero attached hydrogens (tertiary/aromatic N) is 1. The van der Waals surface area contributed by atoms with Gasteiger partial charge in [-0.2, -0.15) is 0 Å². The van der Waals surface area contributed by atoms with Crippen molar-refractivity contribution in [1.29, 1.82) is 0 Å². The highest BCUT2D eigenvalue weighted by Crippen LogP contribution is 2.17. The van der Waals surface area contributed by atoms with E-state index in [0.717, 1.165) is 29.9 Å². The predicted octanol–water partition coefficient (Wildman–Crippen LogP) is 2.38. The quantitative estimate of drug-likeness (QED) is 0.937. The largest absolute Gasteiger partial charge is 0.463 e. The standard InChI is InChI=1S/C16H18N2O3/c19-16(13-5-8-20-9-6-13)18-11-12-3-4-14(17-10-12)15-2-1-7-21-15/h1-4,7,10,13H,5-6,8-9,11H2,(H,18,19). The summed E-state index contributed by atoms with van der Waals surface area (Å²) in [6.45, 7) is 1.86. The van der Waals surface area contributed by atoms with Crippen LogP contribution in [0.5, 0.6) is 0 Å². The Kier molecular flexibility index (Phi) is 4.31. The Labute approximate surface area is 123 Å². The summed E-state index contributed by atoms with van der Waals surface area (Å²) in [7, 11) is 0. The Morgan fingerprint density at radius 1 is 1.29 bits per heavy atom. The van der Waals surface area contributed by atoms with Gasteiger partial charge >= 0.3 is 0 Å². The van der Waals surface area contributed by atoms with Gasteiger partial charge in [0.15, 0.2) is 5.76 Å². The zero-order valence-electron chi connectivity index (χ0n) is 11.7. The zero-order chi connectivity index (χ0) is 14.5. The molecule has 1 aliphatic rings. The summed E-state index contributed by atoms with van der Waals surface area (Å²) >= 11 is 0. The van der Waals surface area contributed by atoms with Crippen molar-refractivity contribution in [2.24, 2.45) is 5.92 Å². The maximum Gasteiger partial charge on any atom is 0.223 e. The van der Waals surface area contributed by atoms with Crippen molar-refractivity contribution >= 4 is 5.91 Å². The molecular weight excluding hydrogens is 268 g/mol. The first kappa shape index (κ1) is 13.8. The summed E-state index contributed by atoms with van der Waals surface area (Å²) in [5, 5.41) is 2.96. The first-order chi connectivity index (χ1) is 10.3. The van der Waals surface area contributed by atoms with Crippen LogP contribution in [0.15, 0.2) is 41.1 Å². The van der Waals surface area contributed by atoms with Gasteiger partial charge in [-0.05, 0) is 36.6 Å². The fourth-order valence-electron chi connectivity index (χ4n) is 2.39. The van der Waals surface area contributed by atoms with Crippen molar-refractivity contribution in [2.45, 2.75) is 19.4 Å². The molecule has 3 rings (SSSR count). The molecule has 0 radical (unpaired) electrons. The Morgan fingerprint density at radius 3 is 2.81 bits per heavy atom. The number of amides is 1. The number of nitrogens with one attached hydrogen (secondary N) is 1. The van der Waals surface area contributed by atoms with Crippen LogP contribution < -0.4 is 5.32 Å². The summed E-state index contributed by atoms with van der Waals surface area (Å²) in [6.07, 6.45) is 5.00. The second-order valence-electron chi connectivity index (χ2n) is 5.13. The number of furan rings is 1. The molecule has 1 aliphatic heterocycles. The first-order valence-electron chi connectivity index (χ1n) is 7.17. The van der Waals surface area contributed by atoms with Crippen molar-refractivity contribution in [2.75, 3.05) is 13.2 Å². The first-order valence-corrected chi connectivity index (χ1v) is 7.17. The Balaban J connectivity index is 1.54. The summed E-state index contributed by atoms with van der Waals surface area (Å²) in [5.74, 6) is 0.926. The highest BCUT2D eigenvalue weighted by Gasteiger charge is 2.21. The van der Waals surface area contributed by atoms with Gasteiger partial charge in [-0.15, -0.1) is 0 Å². The number of pyridine rings is 1. The fourth-order valence-corrected chi connectivity index (χ4v) is 2.39. The number of aromatic nitrogens is 1. The van der Waals surface area contributed by atoms with Crippen LogP contribution in [-0.2, 0) is 16.1 Å². The van der Waals surface area contributed by atoms with Crippen LogP contribution >= 0.6 is 0 Å². The van der Waals surface area contributed by atoms with Gasteiger partial charge in [-0.3, -0.25) is 9.78 Å². The number of ether oxygens (including phenoxy) is 1. The molecule has 0 atom stereocenters. The van der Waals surface area contributed by atoms with Gasteiger partial charge in [0.25, 0.3) is 0 Å². The predicted molar refractivity (Wildman–Crippen MR) is 77.3 cm³/mol. The van der Waals surface area contributed by atoms with Crippen LogP contribution in [-0.4, -0.2) is 24.1 Å². The van der Waals surface area contributed by atoms with Gasteiger partial charge < -0.3 is 14.5 Å². The van der Waals surface area contributed by atoms with Gasteiger partial charge in [0.05, 0.1) is 6.26 Å². The van der Waals surface area contributed by atoms with E-state index in [-0.39, 0.29) is 11.8 Å². The summed E-state index contributed by atoms with van der Waals surface area (Å²) in [6, 6.07) is 7.55. The molecular formula is C16H18N2O3. The maximum absolute atomic E-state index is 12.0. The molecule has 0 aromatic carbocycles. The SMILES string of the molecule is O=C(NCc1ccc(-c2ccco2)nc1)C1CCOCC1. The lowest BCUT2D eigenvalue weighted by Gasteiger charge is -2.21. The summed E-state index contributed by atoms with van der Waals surface area (Å²) < 4.78 is 10.6. The van der Waals surface area contributed by atoms with E-state index in [1.165, 1.54) is 0 Å². The van der Waals surface area contributed by atoms with E-state index >= 15 is 0 Å². The van der Waals surface area contributed by atoms with Crippen LogP contribution in [0.1, 0.15) is 18.4 Å². The van der Waals surface area contributed by atoms with Gasteiger partial charge in [-0.1, -0.05) is 6.07 Å². The van der Waals surface area contributed by atoms with Crippen LogP contribution in [0.4, 0.5) is 0 Å². The lowest BCUT2D eigenvalue weighted by Crippen LogP contribution is -2.33. The van der Waals surface area contributed by atoms with Crippen LogP contribution in [0, 0.1) is 5.92 Å². The van der Waals surface area contributed by atoms with Crippen LogP contribution in [0.25, 0.3) is 11.5 Å². The molecule has 21 heavy (non-hydrogen) atoms. The monoisotopic (exact) mass is 286 g/mol. The molecule has 0 saturated carbocycles. The number of hydrogen-bond acceptors (Lipinski definition) is 4. The van der Waals surface area contributed by atoms with E-state index in [1.807, 2.05) is 24.3 Å². The molecule has 1 N–H and O–H groups in total. The lowest BCUT2D eigenvalue weighted by molar-refractivity contribution is -0.128. The molecule has 5 nitrogen and oxygen atoms in total. The fraction of sp³-hybridized carbons (Fsp3) is 0.375. The van der Waals surface area contributed by atoms with Crippen molar-refractivity contribution in [3.63, 3.8) is 0 Å². The maximum atomic E-state index is 12.0. The lowest BCUT2D eigenvalue weighted by atomic mass is 9.99. The molecule has 0 unspecified atom stereocenters. The minimum absolute atomic E-state index is 0.0779. The molecule has 2 aromatic rings. The Hall–Kier alpha value is -2.14. The van der Waals surface area contributed by atoms with Crippen LogP contribution in [0.3, 0.4) is 0 Å². The van der Waals surface area contributed by atoms with Gasteiger partial charge in [0.1, 0.15) is 5.69 Å². The summed E-state index contributed by atoms with van der Waals surface area (Å²) in [5.41, 5.74) is 1.77. The van der Waals surface area contributed by atoms with E-state index in [9.17, 15) is 4.79 Å².